The summed E-state index contributed by atoms with van der Waals surface area (Å²) < 4.78 is 33.0. The lowest BCUT2D eigenvalue weighted by atomic mass is 10.0. The predicted molar refractivity (Wildman–Crippen MR) is 174 cm³/mol. The molecule has 0 aromatic heterocycles. The maximum absolute atomic E-state index is 14.1. The monoisotopic (exact) mass is 613 g/mol. The summed E-state index contributed by atoms with van der Waals surface area (Å²) in [5, 5.41) is 2.87. The lowest BCUT2D eigenvalue weighted by molar-refractivity contribution is -0.140. The predicted octanol–water partition coefficient (Wildman–Crippen LogP) is 5.12. The minimum Gasteiger partial charge on any atom is -0.489 e. The summed E-state index contributed by atoms with van der Waals surface area (Å²) in [6.07, 6.45) is 1.34. The third-order valence-electron chi connectivity index (χ3n) is 7.11. The fourth-order valence-electron chi connectivity index (χ4n) is 4.92. The number of hydrogen-bond donors (Lipinski definition) is 1. The number of benzene rings is 4. The quantitative estimate of drug-likeness (QED) is 0.213. The van der Waals surface area contributed by atoms with E-state index in [1.165, 1.54) is 4.90 Å². The van der Waals surface area contributed by atoms with Crippen molar-refractivity contribution < 1.29 is 22.7 Å². The highest BCUT2D eigenvalue weighted by molar-refractivity contribution is 7.92. The van der Waals surface area contributed by atoms with Crippen molar-refractivity contribution in [3.05, 3.63) is 131 Å². The smallest absolute Gasteiger partial charge is 0.244 e. The second-order valence-corrected chi connectivity index (χ2v) is 12.6. The highest BCUT2D eigenvalue weighted by atomic mass is 32.2. The molecule has 0 aliphatic heterocycles. The molecule has 4 aromatic rings. The van der Waals surface area contributed by atoms with Crippen LogP contribution in [-0.4, -0.2) is 50.5 Å². The minimum atomic E-state index is -3.86. The maximum Gasteiger partial charge on any atom is 0.244 e. The molecule has 0 aliphatic rings. The summed E-state index contributed by atoms with van der Waals surface area (Å²) in [6.45, 7) is 4.21. The van der Waals surface area contributed by atoms with Gasteiger partial charge < -0.3 is 15.0 Å². The van der Waals surface area contributed by atoms with E-state index in [1.807, 2.05) is 98.8 Å². The molecule has 4 aromatic carbocycles. The van der Waals surface area contributed by atoms with E-state index in [1.54, 1.807) is 24.3 Å². The van der Waals surface area contributed by atoms with Crippen molar-refractivity contribution in [2.75, 3.05) is 23.7 Å². The molecule has 0 saturated carbocycles. The molecule has 0 bridgehead atoms. The molecule has 1 atom stereocenters. The summed E-state index contributed by atoms with van der Waals surface area (Å²) >= 11 is 0. The molecule has 230 valence electrons. The zero-order valence-corrected chi connectivity index (χ0v) is 26.2. The number of rotatable bonds is 14. The van der Waals surface area contributed by atoms with Crippen molar-refractivity contribution in [2.24, 2.45) is 0 Å². The number of anilines is 1. The number of ether oxygens (including phenoxy) is 1. The van der Waals surface area contributed by atoms with Gasteiger partial charge in [0.05, 0.1) is 11.9 Å². The molecule has 2 amide bonds. The van der Waals surface area contributed by atoms with Crippen LogP contribution in [0.25, 0.3) is 0 Å². The summed E-state index contributed by atoms with van der Waals surface area (Å²) in [5.74, 6) is -0.227. The molecule has 8 nitrogen and oxygen atoms in total. The lowest BCUT2D eigenvalue weighted by Gasteiger charge is -2.33. The van der Waals surface area contributed by atoms with E-state index in [4.69, 9.17) is 4.74 Å². The van der Waals surface area contributed by atoms with Gasteiger partial charge in [-0.3, -0.25) is 13.9 Å². The van der Waals surface area contributed by atoms with E-state index in [9.17, 15) is 18.0 Å². The van der Waals surface area contributed by atoms with Gasteiger partial charge in [-0.15, -0.1) is 0 Å². The van der Waals surface area contributed by atoms with Gasteiger partial charge in [-0.1, -0.05) is 90.5 Å². The Morgan fingerprint density at radius 2 is 1.43 bits per heavy atom. The Kier molecular flexibility index (Phi) is 11.2. The molecule has 0 spiro atoms. The maximum atomic E-state index is 14.1. The molecular weight excluding hydrogens is 574 g/mol. The van der Waals surface area contributed by atoms with Crippen LogP contribution in [0.15, 0.2) is 109 Å². The van der Waals surface area contributed by atoms with Crippen LogP contribution in [0.2, 0.25) is 0 Å². The first-order valence-corrected chi connectivity index (χ1v) is 16.4. The molecule has 0 fully saturated rings. The van der Waals surface area contributed by atoms with Crippen LogP contribution in [-0.2, 0) is 39.2 Å². The number of likely N-dealkylation sites (N-methyl/N-ethyl adjacent to an activating group) is 1. The van der Waals surface area contributed by atoms with E-state index < -0.39 is 28.5 Å². The molecule has 44 heavy (non-hydrogen) atoms. The highest BCUT2D eigenvalue weighted by Crippen LogP contribution is 2.24. The Labute approximate surface area is 260 Å². The van der Waals surface area contributed by atoms with Crippen LogP contribution in [0, 0.1) is 6.92 Å². The minimum absolute atomic E-state index is 0.138. The van der Waals surface area contributed by atoms with Gasteiger partial charge in [0.15, 0.2) is 0 Å². The number of carbonyl (C=O) groups excluding carboxylic acids is 2. The summed E-state index contributed by atoms with van der Waals surface area (Å²) in [5.41, 5.74) is 4.06. The molecule has 1 N–H and O–H groups in total. The number of carbonyl (C=O) groups is 2. The first kappa shape index (κ1) is 32.3. The molecule has 0 saturated heterocycles. The van der Waals surface area contributed by atoms with Crippen LogP contribution in [0.5, 0.6) is 5.75 Å². The number of aryl methyl sites for hydroxylation is 1. The van der Waals surface area contributed by atoms with Gasteiger partial charge in [-0.05, 0) is 54.8 Å². The highest BCUT2D eigenvalue weighted by Gasteiger charge is 2.32. The molecule has 4 rings (SSSR count). The van der Waals surface area contributed by atoms with E-state index >= 15 is 0 Å². The molecule has 0 radical (unpaired) electrons. The largest absolute Gasteiger partial charge is 0.489 e. The van der Waals surface area contributed by atoms with Crippen LogP contribution in [0.1, 0.15) is 29.2 Å². The standard InChI is InChI=1S/C35H39N3O5S/c1-4-36-35(40)33(23-28-13-7-5-8-14-28)37(24-30-17-11-12-27(2)22-30)34(39)25-38(44(3,41)42)31-18-20-32(21-19-31)43-26-29-15-9-6-10-16-29/h5-22,33H,4,23-26H2,1-3H3,(H,36,40)/t33-/m0/s1. The Balaban J connectivity index is 1.63. The van der Waals surface area contributed by atoms with Gasteiger partial charge >= 0.3 is 0 Å². The first-order chi connectivity index (χ1) is 21.1. The van der Waals surface area contributed by atoms with Crippen molar-refractivity contribution in [3.63, 3.8) is 0 Å². The molecule has 0 unspecified atom stereocenters. The number of amides is 2. The average molecular weight is 614 g/mol. The average Bonchev–Trinajstić information content (AvgIpc) is 3.01. The van der Waals surface area contributed by atoms with Crippen molar-refractivity contribution >= 4 is 27.5 Å². The third-order valence-corrected chi connectivity index (χ3v) is 8.25. The van der Waals surface area contributed by atoms with Crippen LogP contribution in [0.3, 0.4) is 0 Å². The fraction of sp³-hybridized carbons (Fsp3) is 0.257. The second-order valence-electron chi connectivity index (χ2n) is 10.6. The molecule has 9 heteroatoms. The van der Waals surface area contributed by atoms with Gasteiger partial charge in [-0.2, -0.15) is 0 Å². The van der Waals surface area contributed by atoms with Gasteiger partial charge in [0.1, 0.15) is 24.9 Å². The zero-order chi connectivity index (χ0) is 31.5. The van der Waals surface area contributed by atoms with Crippen LogP contribution < -0.4 is 14.4 Å². The van der Waals surface area contributed by atoms with Crippen molar-refractivity contribution in [2.45, 2.75) is 39.5 Å². The van der Waals surface area contributed by atoms with Gasteiger partial charge in [0, 0.05) is 19.5 Å². The van der Waals surface area contributed by atoms with Crippen molar-refractivity contribution in [1.29, 1.82) is 0 Å². The van der Waals surface area contributed by atoms with E-state index in [2.05, 4.69) is 5.32 Å². The van der Waals surface area contributed by atoms with Crippen LogP contribution in [0.4, 0.5) is 5.69 Å². The van der Waals surface area contributed by atoms with Gasteiger partial charge in [-0.25, -0.2) is 8.42 Å². The van der Waals surface area contributed by atoms with Gasteiger partial charge in [0.2, 0.25) is 21.8 Å². The Bertz CT molecular complexity index is 1630. The normalized spacial score (nSPS) is 11.8. The fourth-order valence-corrected chi connectivity index (χ4v) is 5.77. The van der Waals surface area contributed by atoms with Gasteiger partial charge in [0.25, 0.3) is 0 Å². The summed E-state index contributed by atoms with van der Waals surface area (Å²) in [6, 6.07) is 32.6. The number of hydrogen-bond acceptors (Lipinski definition) is 5. The first-order valence-electron chi connectivity index (χ1n) is 14.5. The van der Waals surface area contributed by atoms with E-state index in [0.717, 1.165) is 32.8 Å². The number of nitrogens with zero attached hydrogens (tertiary/aromatic N) is 2. The summed E-state index contributed by atoms with van der Waals surface area (Å²) in [4.78, 5) is 29.1. The summed E-state index contributed by atoms with van der Waals surface area (Å²) in [7, 11) is -3.86. The van der Waals surface area contributed by atoms with Crippen molar-refractivity contribution in [3.8, 4) is 5.75 Å². The number of sulfonamides is 1. The second kappa shape index (κ2) is 15.2. The Morgan fingerprint density at radius 3 is 2.02 bits per heavy atom. The lowest BCUT2D eigenvalue weighted by Crippen LogP contribution is -2.53. The van der Waals surface area contributed by atoms with Crippen molar-refractivity contribution in [1.82, 2.24) is 10.2 Å². The van der Waals surface area contributed by atoms with E-state index in [0.29, 0.717) is 24.6 Å². The molecule has 0 aliphatic carbocycles. The van der Waals surface area contributed by atoms with Crippen LogP contribution >= 0.6 is 0 Å². The molecular formula is C35H39N3O5S. The third kappa shape index (κ3) is 9.18. The SMILES string of the molecule is CCNC(=O)[C@H](Cc1ccccc1)N(Cc1cccc(C)c1)C(=O)CN(c1ccc(OCc2ccccc2)cc1)S(C)(=O)=O. The Hall–Kier alpha value is -4.63. The zero-order valence-electron chi connectivity index (χ0n) is 25.3. The topological polar surface area (TPSA) is 96.0 Å². The molecule has 0 heterocycles. The Morgan fingerprint density at radius 1 is 0.818 bits per heavy atom. The number of nitrogens with one attached hydrogen (secondary N) is 1. The van der Waals surface area contributed by atoms with E-state index in [-0.39, 0.29) is 18.9 Å².